The molecule has 164 valence electrons. The molecular formula is C24H21FN2O5. The number of anilines is 2. The lowest BCUT2D eigenvalue weighted by atomic mass is 10.1. The third-order valence-corrected chi connectivity index (χ3v) is 4.89. The summed E-state index contributed by atoms with van der Waals surface area (Å²) in [5.41, 5.74) is 1.17. The highest BCUT2D eigenvalue weighted by molar-refractivity contribution is 6.05. The summed E-state index contributed by atoms with van der Waals surface area (Å²) in [5.74, 6) is 0.736. The maximum atomic E-state index is 13.4. The molecule has 4 rings (SSSR count). The van der Waals surface area contributed by atoms with Crippen molar-refractivity contribution in [2.45, 2.75) is 0 Å². The van der Waals surface area contributed by atoms with E-state index in [1.165, 1.54) is 18.2 Å². The van der Waals surface area contributed by atoms with Crippen molar-refractivity contribution in [2.75, 3.05) is 37.1 Å². The summed E-state index contributed by atoms with van der Waals surface area (Å²) in [6, 6.07) is 17.6. The molecule has 0 spiro atoms. The van der Waals surface area contributed by atoms with Gasteiger partial charge in [0.05, 0.1) is 19.3 Å². The second kappa shape index (κ2) is 9.38. The number of rotatable bonds is 7. The molecule has 0 aromatic heterocycles. The van der Waals surface area contributed by atoms with E-state index in [0.717, 1.165) is 11.8 Å². The van der Waals surface area contributed by atoms with Crippen molar-refractivity contribution < 1.29 is 28.2 Å². The van der Waals surface area contributed by atoms with Crippen molar-refractivity contribution in [2.24, 2.45) is 0 Å². The van der Waals surface area contributed by atoms with Crippen molar-refractivity contribution >= 4 is 23.2 Å². The van der Waals surface area contributed by atoms with E-state index in [1.54, 1.807) is 54.5 Å². The van der Waals surface area contributed by atoms with Gasteiger partial charge >= 0.3 is 0 Å². The number of methoxy groups -OCH3 is 1. The molecule has 0 bridgehead atoms. The predicted molar refractivity (Wildman–Crippen MR) is 117 cm³/mol. The second-order valence-electron chi connectivity index (χ2n) is 7.01. The fraction of sp³-hybridized carbons (Fsp3) is 0.167. The van der Waals surface area contributed by atoms with Crippen molar-refractivity contribution in [3.8, 4) is 17.2 Å². The summed E-state index contributed by atoms with van der Waals surface area (Å²) in [4.78, 5) is 26.5. The van der Waals surface area contributed by atoms with Gasteiger partial charge in [-0.3, -0.25) is 9.59 Å². The molecule has 3 aromatic carbocycles. The van der Waals surface area contributed by atoms with E-state index in [9.17, 15) is 14.0 Å². The lowest BCUT2D eigenvalue weighted by Crippen LogP contribution is -2.41. The Morgan fingerprint density at radius 2 is 1.88 bits per heavy atom. The highest BCUT2D eigenvalue weighted by Crippen LogP contribution is 2.34. The van der Waals surface area contributed by atoms with E-state index in [1.807, 2.05) is 0 Å². The molecule has 3 aromatic rings. The van der Waals surface area contributed by atoms with Gasteiger partial charge in [-0.1, -0.05) is 6.07 Å². The van der Waals surface area contributed by atoms with Crippen LogP contribution in [0.3, 0.4) is 0 Å². The maximum Gasteiger partial charge on any atom is 0.265 e. The van der Waals surface area contributed by atoms with Crippen LogP contribution in [0.4, 0.5) is 15.8 Å². The number of hydrogen-bond donors (Lipinski definition) is 1. The summed E-state index contributed by atoms with van der Waals surface area (Å²) in [5, 5.41) is 2.72. The number of nitrogens with one attached hydrogen (secondary N) is 1. The first kappa shape index (κ1) is 21.2. The molecule has 0 aliphatic carbocycles. The number of fused-ring (bicyclic) bond motifs is 1. The average molecular weight is 436 g/mol. The monoisotopic (exact) mass is 436 g/mol. The number of nitrogens with zero attached hydrogens (tertiary/aromatic N) is 1. The fourth-order valence-electron chi connectivity index (χ4n) is 3.28. The molecule has 0 saturated carbocycles. The van der Waals surface area contributed by atoms with E-state index in [2.05, 4.69) is 5.32 Å². The van der Waals surface area contributed by atoms with Crippen LogP contribution in [0.25, 0.3) is 0 Å². The molecule has 0 fully saturated rings. The van der Waals surface area contributed by atoms with E-state index in [4.69, 9.17) is 14.2 Å². The number of carbonyl (C=O) groups excluding carboxylic acids is 2. The van der Waals surface area contributed by atoms with Crippen molar-refractivity contribution in [1.29, 1.82) is 0 Å². The van der Waals surface area contributed by atoms with Gasteiger partial charge in [-0.15, -0.1) is 0 Å². The van der Waals surface area contributed by atoms with Gasteiger partial charge < -0.3 is 24.4 Å². The molecule has 2 amide bonds. The molecule has 8 heteroatoms. The number of amides is 2. The third kappa shape index (κ3) is 4.80. The van der Waals surface area contributed by atoms with Crippen LogP contribution >= 0.6 is 0 Å². The van der Waals surface area contributed by atoms with Gasteiger partial charge in [0.2, 0.25) is 0 Å². The van der Waals surface area contributed by atoms with Gasteiger partial charge in [-0.2, -0.15) is 0 Å². The minimum atomic E-state index is -0.495. The van der Waals surface area contributed by atoms with Crippen LogP contribution < -0.4 is 24.4 Å². The Morgan fingerprint density at radius 1 is 1.09 bits per heavy atom. The van der Waals surface area contributed by atoms with Crippen LogP contribution in [0.1, 0.15) is 10.4 Å². The first-order valence-electron chi connectivity index (χ1n) is 9.94. The minimum absolute atomic E-state index is 0.0788. The first-order valence-corrected chi connectivity index (χ1v) is 9.94. The molecule has 0 radical (unpaired) electrons. The van der Waals surface area contributed by atoms with Gasteiger partial charge in [0, 0.05) is 11.3 Å². The zero-order valence-electron chi connectivity index (χ0n) is 17.3. The summed E-state index contributed by atoms with van der Waals surface area (Å²) in [6.45, 7) is 0.477. The van der Waals surface area contributed by atoms with E-state index < -0.39 is 11.7 Å². The number of carbonyl (C=O) groups is 2. The second-order valence-corrected chi connectivity index (χ2v) is 7.01. The van der Waals surface area contributed by atoms with Crippen molar-refractivity contribution in [1.82, 2.24) is 0 Å². The molecule has 1 aliphatic heterocycles. The predicted octanol–water partition coefficient (Wildman–Crippen LogP) is 3.89. The topological polar surface area (TPSA) is 77.1 Å². The average Bonchev–Trinajstić information content (AvgIpc) is 2.81. The Labute approximate surface area is 184 Å². The third-order valence-electron chi connectivity index (χ3n) is 4.89. The minimum Gasteiger partial charge on any atom is -0.497 e. The number of ether oxygens (including phenoxy) is 3. The summed E-state index contributed by atoms with van der Waals surface area (Å²) >= 11 is 0. The smallest absolute Gasteiger partial charge is 0.265 e. The van der Waals surface area contributed by atoms with E-state index in [0.29, 0.717) is 29.4 Å². The molecule has 0 unspecified atom stereocenters. The first-order chi connectivity index (χ1) is 15.5. The summed E-state index contributed by atoms with van der Waals surface area (Å²) in [6.07, 6.45) is 0. The van der Waals surface area contributed by atoms with Gasteiger partial charge in [0.25, 0.3) is 11.8 Å². The van der Waals surface area contributed by atoms with E-state index in [-0.39, 0.29) is 24.7 Å². The van der Waals surface area contributed by atoms with Crippen LogP contribution in [0, 0.1) is 5.82 Å². The highest BCUT2D eigenvalue weighted by Gasteiger charge is 2.26. The molecule has 7 nitrogen and oxygen atoms in total. The Morgan fingerprint density at radius 3 is 2.62 bits per heavy atom. The van der Waals surface area contributed by atoms with Gasteiger partial charge in [-0.05, 0) is 60.7 Å². The van der Waals surface area contributed by atoms with Crippen LogP contribution in [0.2, 0.25) is 0 Å². The SMILES string of the molecule is COc1ccc(OCCN2C(=O)COc3ccc(NC(=O)c4cccc(F)c4)cc32)cc1. The highest BCUT2D eigenvalue weighted by atomic mass is 19.1. The summed E-state index contributed by atoms with van der Waals surface area (Å²) < 4.78 is 29.8. The fourth-order valence-corrected chi connectivity index (χ4v) is 3.28. The molecule has 1 aliphatic rings. The van der Waals surface area contributed by atoms with Gasteiger partial charge in [0.15, 0.2) is 6.61 Å². The Balaban J connectivity index is 1.46. The zero-order valence-corrected chi connectivity index (χ0v) is 17.3. The van der Waals surface area contributed by atoms with Gasteiger partial charge in [-0.25, -0.2) is 4.39 Å². The Hall–Kier alpha value is -4.07. The number of halogens is 1. The quantitative estimate of drug-likeness (QED) is 0.608. The normalized spacial score (nSPS) is 12.6. The van der Waals surface area contributed by atoms with Crippen LogP contribution in [0.5, 0.6) is 17.2 Å². The van der Waals surface area contributed by atoms with Crippen LogP contribution in [-0.2, 0) is 4.79 Å². The summed E-state index contributed by atoms with van der Waals surface area (Å²) in [7, 11) is 1.59. The molecular weight excluding hydrogens is 415 g/mol. The molecule has 1 heterocycles. The Kier molecular flexibility index (Phi) is 6.21. The molecule has 0 saturated heterocycles. The van der Waals surface area contributed by atoms with Gasteiger partial charge in [0.1, 0.15) is 29.7 Å². The Bertz CT molecular complexity index is 1130. The lowest BCUT2D eigenvalue weighted by Gasteiger charge is -2.29. The van der Waals surface area contributed by atoms with E-state index >= 15 is 0 Å². The van der Waals surface area contributed by atoms with Crippen molar-refractivity contribution in [3.63, 3.8) is 0 Å². The molecule has 0 atom stereocenters. The molecule has 32 heavy (non-hydrogen) atoms. The number of hydrogen-bond acceptors (Lipinski definition) is 5. The zero-order chi connectivity index (χ0) is 22.5. The molecule has 1 N–H and O–H groups in total. The number of benzene rings is 3. The van der Waals surface area contributed by atoms with Crippen LogP contribution in [0.15, 0.2) is 66.7 Å². The largest absolute Gasteiger partial charge is 0.497 e. The lowest BCUT2D eigenvalue weighted by molar-refractivity contribution is -0.121. The maximum absolute atomic E-state index is 13.4. The van der Waals surface area contributed by atoms with Crippen LogP contribution in [-0.4, -0.2) is 38.7 Å². The van der Waals surface area contributed by atoms with Crippen molar-refractivity contribution in [3.05, 3.63) is 78.1 Å². The standard InChI is InChI=1S/C24H21FN2O5/c1-30-19-6-8-20(9-7-19)31-12-11-27-21-14-18(5-10-22(21)32-15-23(27)28)26-24(29)16-3-2-4-17(25)13-16/h2-10,13-14H,11-12,15H2,1H3,(H,26,29).